The highest BCUT2D eigenvalue weighted by molar-refractivity contribution is 9.10. The Balaban J connectivity index is 2.54. The zero-order valence-corrected chi connectivity index (χ0v) is 16.9. The van der Waals surface area contributed by atoms with Crippen molar-refractivity contribution in [3.63, 3.8) is 0 Å². The summed E-state index contributed by atoms with van der Waals surface area (Å²) in [5, 5.41) is 5.67. The lowest BCUT2D eigenvalue weighted by molar-refractivity contribution is 0.597. The van der Waals surface area contributed by atoms with E-state index >= 15 is 0 Å². The molecule has 0 aliphatic rings. The van der Waals surface area contributed by atoms with Gasteiger partial charge in [-0.3, -0.25) is 4.72 Å². The molecule has 0 fully saturated rings. The second-order valence-electron chi connectivity index (χ2n) is 4.75. The summed E-state index contributed by atoms with van der Waals surface area (Å²) < 4.78 is 49.2. The minimum atomic E-state index is -3.92. The van der Waals surface area contributed by atoms with E-state index in [4.69, 9.17) is 16.7 Å². The molecule has 0 aliphatic heterocycles. The lowest BCUT2D eigenvalue weighted by Crippen LogP contribution is -2.14. The van der Waals surface area contributed by atoms with E-state index in [0.717, 1.165) is 11.2 Å². The Kier molecular flexibility index (Phi) is 5.88. The molecule has 11 heteroatoms. The number of halogens is 2. The van der Waals surface area contributed by atoms with E-state index in [-0.39, 0.29) is 10.6 Å². The first-order valence-corrected chi connectivity index (χ1v) is 11.7. The van der Waals surface area contributed by atoms with Crippen LogP contribution in [0.5, 0.6) is 0 Å². The van der Waals surface area contributed by atoms with Gasteiger partial charge in [-0.25, -0.2) is 22.0 Å². The molecule has 0 atom stereocenters. The molecule has 0 heterocycles. The molecule has 3 N–H and O–H groups in total. The van der Waals surface area contributed by atoms with Crippen LogP contribution >= 0.6 is 39.3 Å². The maximum atomic E-state index is 11.5. The summed E-state index contributed by atoms with van der Waals surface area (Å²) in [4.78, 5) is 0.992. The summed E-state index contributed by atoms with van der Waals surface area (Å²) in [6.45, 7) is 0. The molecule has 6 nitrogen and oxygen atoms in total. The molecule has 0 saturated carbocycles. The Morgan fingerprint density at radius 1 is 1.08 bits per heavy atom. The van der Waals surface area contributed by atoms with Crippen molar-refractivity contribution in [1.82, 2.24) is 0 Å². The maximum Gasteiger partial charge on any atom is 0.238 e. The summed E-state index contributed by atoms with van der Waals surface area (Å²) >= 11 is 10.4. The molecule has 2 aromatic rings. The molecule has 0 amide bonds. The molecule has 0 unspecified atom stereocenters. The molecule has 130 valence electrons. The number of sulfonamides is 2. The van der Waals surface area contributed by atoms with Crippen molar-refractivity contribution in [3.05, 3.63) is 45.9 Å². The van der Waals surface area contributed by atoms with Crippen LogP contribution in [0.4, 0.5) is 5.69 Å². The summed E-state index contributed by atoms with van der Waals surface area (Å²) in [5.74, 6) is 0. The third-order valence-corrected chi connectivity index (χ3v) is 6.48. The number of nitrogens with two attached hydrogens (primary N) is 1. The molecular weight excluding hydrogens is 460 g/mol. The SMILES string of the molecule is CS(=O)(=O)Nc1ccc(S(N)(=O)=O)cc1Sc1ccc(Cl)cc1Br. The smallest absolute Gasteiger partial charge is 0.238 e. The van der Waals surface area contributed by atoms with Crippen molar-refractivity contribution in [2.45, 2.75) is 14.7 Å². The molecule has 0 spiro atoms. The average Bonchev–Trinajstić information content (AvgIpc) is 2.40. The van der Waals surface area contributed by atoms with Crippen LogP contribution in [0.2, 0.25) is 5.02 Å². The van der Waals surface area contributed by atoms with Crippen LogP contribution in [0.1, 0.15) is 0 Å². The van der Waals surface area contributed by atoms with Crippen molar-refractivity contribution in [3.8, 4) is 0 Å². The number of benzene rings is 2. The highest BCUT2D eigenvalue weighted by Crippen LogP contribution is 2.39. The number of nitrogens with one attached hydrogen (secondary N) is 1. The molecule has 2 rings (SSSR count). The summed E-state index contributed by atoms with van der Waals surface area (Å²) in [7, 11) is -7.45. The van der Waals surface area contributed by atoms with Crippen LogP contribution in [-0.2, 0) is 20.0 Å². The summed E-state index contributed by atoms with van der Waals surface area (Å²) in [5.41, 5.74) is 0.247. The summed E-state index contributed by atoms with van der Waals surface area (Å²) in [6, 6.07) is 8.98. The van der Waals surface area contributed by atoms with Gasteiger partial charge in [0.25, 0.3) is 0 Å². The third-order valence-electron chi connectivity index (χ3n) is 2.69. The second-order valence-corrected chi connectivity index (χ2v) is 10.4. The Bertz CT molecular complexity index is 994. The molecule has 24 heavy (non-hydrogen) atoms. The normalized spacial score (nSPS) is 12.2. The van der Waals surface area contributed by atoms with E-state index in [0.29, 0.717) is 14.4 Å². The fourth-order valence-corrected chi connectivity index (χ4v) is 4.85. The highest BCUT2D eigenvalue weighted by atomic mass is 79.9. The first kappa shape index (κ1) is 19.5. The Hall–Kier alpha value is -0.780. The lowest BCUT2D eigenvalue weighted by Gasteiger charge is -2.13. The van der Waals surface area contributed by atoms with Gasteiger partial charge in [0.1, 0.15) is 0 Å². The molecular formula is C13H12BrClN2O4S3. The van der Waals surface area contributed by atoms with Crippen molar-refractivity contribution < 1.29 is 16.8 Å². The van der Waals surface area contributed by atoms with E-state index < -0.39 is 20.0 Å². The minimum Gasteiger partial charge on any atom is -0.283 e. The molecule has 0 saturated heterocycles. The van der Waals surface area contributed by atoms with Crippen LogP contribution in [-0.4, -0.2) is 23.1 Å². The zero-order valence-electron chi connectivity index (χ0n) is 12.2. The number of hydrogen-bond donors (Lipinski definition) is 2. The van der Waals surface area contributed by atoms with E-state index in [1.807, 2.05) is 0 Å². The van der Waals surface area contributed by atoms with E-state index in [1.54, 1.807) is 18.2 Å². The van der Waals surface area contributed by atoms with E-state index in [1.165, 1.54) is 30.0 Å². The van der Waals surface area contributed by atoms with Gasteiger partial charge in [-0.2, -0.15) is 0 Å². The number of rotatable bonds is 5. The molecule has 0 aromatic heterocycles. The van der Waals surface area contributed by atoms with Crippen LogP contribution in [0.25, 0.3) is 0 Å². The quantitative estimate of drug-likeness (QED) is 0.696. The Morgan fingerprint density at radius 2 is 1.75 bits per heavy atom. The van der Waals surface area contributed by atoms with Gasteiger partial charge in [-0.05, 0) is 52.3 Å². The number of primary sulfonamides is 1. The number of hydrogen-bond acceptors (Lipinski definition) is 5. The lowest BCUT2D eigenvalue weighted by atomic mass is 10.3. The van der Waals surface area contributed by atoms with Crippen molar-refractivity contribution in [2.24, 2.45) is 5.14 Å². The first-order valence-electron chi connectivity index (χ1n) is 6.23. The number of anilines is 1. The Morgan fingerprint density at radius 3 is 2.29 bits per heavy atom. The van der Waals surface area contributed by atoms with Gasteiger partial charge in [-0.1, -0.05) is 23.4 Å². The molecule has 2 aromatic carbocycles. The zero-order chi connectivity index (χ0) is 18.1. The second kappa shape index (κ2) is 7.22. The summed E-state index contributed by atoms with van der Waals surface area (Å²) in [6.07, 6.45) is 1.01. The van der Waals surface area contributed by atoms with Gasteiger partial charge >= 0.3 is 0 Å². The fraction of sp³-hybridized carbons (Fsp3) is 0.0769. The largest absolute Gasteiger partial charge is 0.283 e. The van der Waals surface area contributed by atoms with Crippen molar-refractivity contribution in [1.29, 1.82) is 0 Å². The van der Waals surface area contributed by atoms with Crippen molar-refractivity contribution in [2.75, 3.05) is 11.0 Å². The van der Waals surface area contributed by atoms with E-state index in [2.05, 4.69) is 20.7 Å². The van der Waals surface area contributed by atoms with Crippen LogP contribution in [0.15, 0.2) is 55.6 Å². The van der Waals surface area contributed by atoms with Crippen LogP contribution < -0.4 is 9.86 Å². The highest BCUT2D eigenvalue weighted by Gasteiger charge is 2.15. The van der Waals surface area contributed by atoms with Gasteiger partial charge in [0.15, 0.2) is 0 Å². The standard InChI is InChI=1S/C13H12BrClN2O4S3/c1-23(18,19)17-11-4-3-9(24(16,20)21)7-13(11)22-12-5-2-8(15)6-10(12)14/h2-7,17H,1H3,(H2,16,20,21). The monoisotopic (exact) mass is 470 g/mol. The minimum absolute atomic E-state index is 0.117. The van der Waals surface area contributed by atoms with Gasteiger partial charge in [0.2, 0.25) is 20.0 Å². The molecule has 0 aliphatic carbocycles. The first-order chi connectivity index (χ1) is 11.0. The predicted molar refractivity (Wildman–Crippen MR) is 99.6 cm³/mol. The van der Waals surface area contributed by atoms with Gasteiger partial charge < -0.3 is 0 Å². The fourth-order valence-electron chi connectivity index (χ4n) is 1.72. The van der Waals surface area contributed by atoms with Crippen molar-refractivity contribution >= 4 is 65.0 Å². The van der Waals surface area contributed by atoms with Crippen LogP contribution in [0, 0.1) is 0 Å². The predicted octanol–water partition coefficient (Wildman–Crippen LogP) is 3.27. The Labute approximate surface area is 158 Å². The van der Waals surface area contributed by atoms with E-state index in [9.17, 15) is 16.8 Å². The molecule has 0 radical (unpaired) electrons. The average molecular weight is 472 g/mol. The topological polar surface area (TPSA) is 106 Å². The third kappa shape index (κ3) is 5.36. The molecule has 0 bridgehead atoms. The van der Waals surface area contributed by atoms with Gasteiger partial charge in [0.05, 0.1) is 16.8 Å². The maximum absolute atomic E-state index is 11.5. The van der Waals surface area contributed by atoms with Crippen LogP contribution in [0.3, 0.4) is 0 Å². The van der Waals surface area contributed by atoms with Gasteiger partial charge in [0, 0.05) is 19.3 Å². The van der Waals surface area contributed by atoms with Gasteiger partial charge in [-0.15, -0.1) is 0 Å².